The fourth-order valence-electron chi connectivity index (χ4n) is 8.34. The highest BCUT2D eigenvalue weighted by Crippen LogP contribution is 2.43. The molecule has 3 fully saturated rings. The van der Waals surface area contributed by atoms with Crippen LogP contribution >= 0.6 is 11.8 Å². The third kappa shape index (κ3) is 5.97. The topological polar surface area (TPSA) is 70.5 Å². The summed E-state index contributed by atoms with van der Waals surface area (Å²) in [5, 5.41) is 5.89. The molecular weight excluding hydrogens is 544 g/mol. The van der Waals surface area contributed by atoms with E-state index in [9.17, 15) is 18.4 Å². The smallest absolute Gasteiger partial charge is 0.248 e. The molecule has 4 unspecified atom stereocenters. The average Bonchev–Trinajstić information content (AvgIpc) is 3.57. The highest BCUT2D eigenvalue weighted by molar-refractivity contribution is 8.03. The SMILES string of the molecule is CC(=O)N1CCc2c(nc(C)n2C2CC3CCC(C2)N3CC[C@H](NC(=O)C2CCC(F)(F)CC2)C2C=CSC2C)C1. The third-order valence-corrected chi connectivity index (χ3v) is 11.7. The second-order valence-corrected chi connectivity index (χ2v) is 14.4. The Morgan fingerprint density at radius 2 is 1.85 bits per heavy atom. The van der Waals surface area contributed by atoms with Crippen molar-refractivity contribution in [2.75, 3.05) is 13.1 Å². The van der Waals surface area contributed by atoms with Gasteiger partial charge in [-0.15, -0.1) is 11.8 Å². The molecule has 5 heterocycles. The summed E-state index contributed by atoms with van der Waals surface area (Å²) in [6, 6.07) is 1.51. The molecule has 7 nitrogen and oxygen atoms in total. The summed E-state index contributed by atoms with van der Waals surface area (Å²) in [6.07, 6.45) is 8.80. The van der Waals surface area contributed by atoms with E-state index in [-0.39, 0.29) is 55.4 Å². The van der Waals surface area contributed by atoms with Crippen molar-refractivity contribution >= 4 is 23.6 Å². The van der Waals surface area contributed by atoms with E-state index in [0.29, 0.717) is 29.9 Å². The number of alkyl halides is 2. The molecule has 0 spiro atoms. The van der Waals surface area contributed by atoms with Crippen molar-refractivity contribution in [2.45, 2.75) is 127 Å². The minimum Gasteiger partial charge on any atom is -0.352 e. The standard InChI is InChI=1S/C31H45F2N5O2S/c1-19-26(10-15-41-19)27(35-30(40)22-6-11-31(32,33)12-7-22)8-14-37-23-4-5-24(37)17-25(16-23)38-20(2)34-28-18-36(21(3)39)13-9-29(28)38/h10,15,19,22-27H,4-9,11-14,16-18H2,1-3H3,(H,35,40)/t19?,23?,24?,25?,26?,27-/m0/s1. The van der Waals surface area contributed by atoms with Gasteiger partial charge in [-0.2, -0.15) is 0 Å². The Balaban J connectivity index is 1.10. The Labute approximate surface area is 246 Å². The van der Waals surface area contributed by atoms with Crippen LogP contribution in [0, 0.1) is 18.8 Å². The molecule has 2 bridgehead atoms. The largest absolute Gasteiger partial charge is 0.352 e. The molecule has 1 N–H and O–H groups in total. The van der Waals surface area contributed by atoms with Crippen LogP contribution in [0.5, 0.6) is 0 Å². The number of piperidine rings is 1. The summed E-state index contributed by atoms with van der Waals surface area (Å²) in [6.45, 7) is 8.30. The lowest BCUT2D eigenvalue weighted by Gasteiger charge is -2.41. The van der Waals surface area contributed by atoms with Gasteiger partial charge in [-0.1, -0.05) is 13.0 Å². The second kappa shape index (κ2) is 11.6. The molecule has 1 aliphatic carbocycles. The molecule has 41 heavy (non-hydrogen) atoms. The molecule has 5 atom stereocenters. The van der Waals surface area contributed by atoms with Gasteiger partial charge >= 0.3 is 0 Å². The molecule has 2 amide bonds. The second-order valence-electron chi connectivity index (χ2n) is 13.1. The molecule has 4 aliphatic heterocycles. The van der Waals surface area contributed by atoms with E-state index in [4.69, 9.17) is 4.98 Å². The number of rotatable bonds is 7. The number of imidazole rings is 1. The van der Waals surface area contributed by atoms with Crippen LogP contribution in [-0.4, -0.2) is 73.6 Å². The van der Waals surface area contributed by atoms with Crippen LogP contribution in [0.25, 0.3) is 0 Å². The summed E-state index contributed by atoms with van der Waals surface area (Å²) in [7, 11) is 0. The first kappa shape index (κ1) is 29.1. The molecular formula is C31H45F2N5O2S. The van der Waals surface area contributed by atoms with Crippen molar-refractivity contribution in [3.8, 4) is 0 Å². The van der Waals surface area contributed by atoms with Crippen molar-refractivity contribution in [3.63, 3.8) is 0 Å². The van der Waals surface area contributed by atoms with Gasteiger partial charge in [0.15, 0.2) is 0 Å². The Kier molecular flexibility index (Phi) is 8.26. The maximum Gasteiger partial charge on any atom is 0.248 e. The molecule has 10 heteroatoms. The number of hydrogen-bond donors (Lipinski definition) is 1. The molecule has 1 aromatic heterocycles. The Hall–Kier alpha value is -1.94. The fraction of sp³-hybridized carbons (Fsp3) is 0.774. The monoisotopic (exact) mass is 589 g/mol. The zero-order valence-corrected chi connectivity index (χ0v) is 25.5. The quantitative estimate of drug-likeness (QED) is 0.472. The number of aromatic nitrogens is 2. The predicted molar refractivity (Wildman–Crippen MR) is 157 cm³/mol. The molecule has 226 valence electrons. The van der Waals surface area contributed by atoms with Crippen molar-refractivity contribution in [1.29, 1.82) is 0 Å². The lowest BCUT2D eigenvalue weighted by molar-refractivity contribution is -0.130. The van der Waals surface area contributed by atoms with Crippen LogP contribution < -0.4 is 5.32 Å². The Morgan fingerprint density at radius 1 is 1.15 bits per heavy atom. The number of carbonyl (C=O) groups is 2. The third-order valence-electron chi connectivity index (χ3n) is 10.6. The van der Waals surface area contributed by atoms with E-state index >= 15 is 0 Å². The number of nitrogens with one attached hydrogen (secondary N) is 1. The Morgan fingerprint density at radius 3 is 2.49 bits per heavy atom. The maximum atomic E-state index is 13.7. The van der Waals surface area contributed by atoms with Crippen molar-refractivity contribution in [3.05, 3.63) is 28.7 Å². The zero-order chi connectivity index (χ0) is 28.9. The molecule has 2 saturated heterocycles. The highest BCUT2D eigenvalue weighted by atomic mass is 32.2. The average molecular weight is 590 g/mol. The van der Waals surface area contributed by atoms with E-state index in [1.807, 2.05) is 16.7 Å². The van der Waals surface area contributed by atoms with Crippen LogP contribution in [-0.2, 0) is 22.6 Å². The number of halogens is 2. The molecule has 0 aromatic carbocycles. The fourth-order valence-corrected chi connectivity index (χ4v) is 9.32. The van der Waals surface area contributed by atoms with Crippen LogP contribution in [0.2, 0.25) is 0 Å². The number of aryl methyl sites for hydroxylation is 1. The van der Waals surface area contributed by atoms with Gasteiger partial charge < -0.3 is 14.8 Å². The molecule has 1 saturated carbocycles. The molecule has 5 aliphatic rings. The van der Waals surface area contributed by atoms with Crippen molar-refractivity contribution in [2.24, 2.45) is 11.8 Å². The van der Waals surface area contributed by atoms with Gasteiger partial charge in [-0.3, -0.25) is 14.5 Å². The summed E-state index contributed by atoms with van der Waals surface area (Å²) in [5.41, 5.74) is 2.39. The minimum absolute atomic E-state index is 0.0236. The molecule has 1 aromatic rings. The van der Waals surface area contributed by atoms with Crippen LogP contribution in [0.4, 0.5) is 8.78 Å². The molecule has 6 rings (SSSR count). The van der Waals surface area contributed by atoms with Gasteiger partial charge in [0.2, 0.25) is 17.7 Å². The number of fused-ring (bicyclic) bond motifs is 3. The number of carbonyl (C=O) groups excluding carboxylic acids is 2. The highest BCUT2D eigenvalue weighted by Gasteiger charge is 2.44. The van der Waals surface area contributed by atoms with E-state index in [1.165, 1.54) is 18.5 Å². The van der Waals surface area contributed by atoms with E-state index in [1.54, 1.807) is 6.92 Å². The molecule has 0 radical (unpaired) electrons. The lowest BCUT2D eigenvalue weighted by Crippen LogP contribution is -2.49. The zero-order valence-electron chi connectivity index (χ0n) is 24.7. The Bertz CT molecular complexity index is 1160. The van der Waals surface area contributed by atoms with E-state index < -0.39 is 5.92 Å². The first-order chi connectivity index (χ1) is 19.6. The van der Waals surface area contributed by atoms with Gasteiger partial charge in [-0.25, -0.2) is 13.8 Å². The summed E-state index contributed by atoms with van der Waals surface area (Å²) >= 11 is 1.81. The number of thioether (sulfide) groups is 1. The summed E-state index contributed by atoms with van der Waals surface area (Å²) in [4.78, 5) is 34.7. The number of hydrogen-bond acceptors (Lipinski definition) is 5. The van der Waals surface area contributed by atoms with Crippen molar-refractivity contribution < 1.29 is 18.4 Å². The lowest BCUT2D eigenvalue weighted by atomic mass is 9.85. The van der Waals surface area contributed by atoms with Gasteiger partial charge in [0, 0.05) is 86.2 Å². The van der Waals surface area contributed by atoms with E-state index in [0.717, 1.165) is 50.3 Å². The van der Waals surface area contributed by atoms with Crippen molar-refractivity contribution in [1.82, 2.24) is 24.7 Å². The first-order valence-corrected chi connectivity index (χ1v) is 16.6. The van der Waals surface area contributed by atoms with Gasteiger partial charge in [0.25, 0.3) is 0 Å². The predicted octanol–water partition coefficient (Wildman–Crippen LogP) is 5.23. The normalized spacial score (nSPS) is 32.2. The number of amides is 2. The summed E-state index contributed by atoms with van der Waals surface area (Å²) < 4.78 is 29.9. The minimum atomic E-state index is -2.62. The van der Waals surface area contributed by atoms with E-state index in [2.05, 4.69) is 40.1 Å². The van der Waals surface area contributed by atoms with Crippen LogP contribution in [0.3, 0.4) is 0 Å². The number of nitrogens with zero attached hydrogens (tertiary/aromatic N) is 4. The van der Waals surface area contributed by atoms with Gasteiger partial charge in [-0.05, 0) is 57.3 Å². The van der Waals surface area contributed by atoms with Gasteiger partial charge in [0.1, 0.15) is 5.82 Å². The van der Waals surface area contributed by atoms with Crippen LogP contribution in [0.15, 0.2) is 11.5 Å². The van der Waals surface area contributed by atoms with Crippen LogP contribution in [0.1, 0.15) is 94.9 Å². The summed E-state index contributed by atoms with van der Waals surface area (Å²) in [5.74, 6) is -1.51. The maximum absolute atomic E-state index is 13.7. The van der Waals surface area contributed by atoms with Gasteiger partial charge in [0.05, 0.1) is 12.2 Å². The first-order valence-electron chi connectivity index (χ1n) is 15.7.